The molecule has 1 aliphatic carbocycles. The van der Waals surface area contributed by atoms with E-state index in [2.05, 4.69) is 15.6 Å². The van der Waals surface area contributed by atoms with Gasteiger partial charge < -0.3 is 10.6 Å². The Hall–Kier alpha value is -1.42. The second-order valence-electron chi connectivity index (χ2n) is 5.73. The number of carbonyl (C=O) groups excluding carboxylic acids is 1. The second kappa shape index (κ2) is 5.29. The van der Waals surface area contributed by atoms with Gasteiger partial charge in [-0.1, -0.05) is 6.07 Å². The van der Waals surface area contributed by atoms with Crippen LogP contribution in [-0.4, -0.2) is 30.5 Å². The minimum absolute atomic E-state index is 0.248. The highest BCUT2D eigenvalue weighted by Gasteiger charge is 2.57. The number of nitrogens with zero attached hydrogens (tertiary/aromatic N) is 1. The third-order valence-electron chi connectivity index (χ3n) is 4.51. The first-order chi connectivity index (χ1) is 9.30. The maximum atomic E-state index is 12.1. The van der Waals surface area contributed by atoms with Crippen molar-refractivity contribution in [1.29, 1.82) is 0 Å². The quantitative estimate of drug-likeness (QED) is 0.852. The number of rotatable bonds is 4. The van der Waals surface area contributed by atoms with Gasteiger partial charge in [0.1, 0.15) is 0 Å². The average molecular weight is 259 g/mol. The minimum Gasteiger partial charge on any atom is -0.355 e. The Labute approximate surface area is 114 Å². The van der Waals surface area contributed by atoms with E-state index in [0.717, 1.165) is 44.5 Å². The molecule has 19 heavy (non-hydrogen) atoms. The van der Waals surface area contributed by atoms with E-state index in [1.165, 1.54) is 0 Å². The first-order valence-electron chi connectivity index (χ1n) is 7.19. The van der Waals surface area contributed by atoms with Gasteiger partial charge in [-0.15, -0.1) is 0 Å². The number of hydrogen-bond donors (Lipinski definition) is 2. The fraction of sp³-hybridized carbons (Fsp3) is 0.600. The lowest BCUT2D eigenvalue weighted by Gasteiger charge is -2.23. The first kappa shape index (κ1) is 12.6. The van der Waals surface area contributed by atoms with Gasteiger partial charge in [0.15, 0.2) is 0 Å². The Bertz CT molecular complexity index is 440. The molecule has 2 N–H and O–H groups in total. The molecular formula is C15H21N3O. The predicted molar refractivity (Wildman–Crippen MR) is 73.6 cm³/mol. The molecule has 1 atom stereocenters. The summed E-state index contributed by atoms with van der Waals surface area (Å²) < 4.78 is 0. The molecule has 1 aromatic heterocycles. The van der Waals surface area contributed by atoms with Crippen molar-refractivity contribution >= 4 is 5.91 Å². The Morgan fingerprint density at radius 3 is 3.00 bits per heavy atom. The maximum absolute atomic E-state index is 12.1. The number of aromatic nitrogens is 1. The molecule has 2 fully saturated rings. The van der Waals surface area contributed by atoms with Crippen LogP contribution in [0, 0.1) is 11.3 Å². The SMILES string of the molecule is O=C(NCCc1ccccn1)[C@@H]1CC12CCNCC2. The molecule has 1 amide bonds. The van der Waals surface area contributed by atoms with Crippen molar-refractivity contribution in [3.8, 4) is 0 Å². The summed E-state index contributed by atoms with van der Waals surface area (Å²) in [7, 11) is 0. The minimum atomic E-state index is 0.248. The van der Waals surface area contributed by atoms with Crippen LogP contribution in [0.25, 0.3) is 0 Å². The van der Waals surface area contributed by atoms with E-state index in [9.17, 15) is 4.79 Å². The predicted octanol–water partition coefficient (Wildman–Crippen LogP) is 1.13. The molecule has 102 valence electrons. The van der Waals surface area contributed by atoms with Gasteiger partial charge in [0.05, 0.1) is 0 Å². The topological polar surface area (TPSA) is 54.0 Å². The van der Waals surface area contributed by atoms with E-state index in [1.54, 1.807) is 6.20 Å². The molecule has 1 aromatic rings. The van der Waals surface area contributed by atoms with Gasteiger partial charge in [-0.2, -0.15) is 0 Å². The van der Waals surface area contributed by atoms with Crippen molar-refractivity contribution in [1.82, 2.24) is 15.6 Å². The largest absolute Gasteiger partial charge is 0.355 e. The van der Waals surface area contributed by atoms with Crippen LogP contribution in [0.4, 0.5) is 0 Å². The Kier molecular flexibility index (Phi) is 3.51. The number of hydrogen-bond acceptors (Lipinski definition) is 3. The third kappa shape index (κ3) is 2.78. The van der Waals surface area contributed by atoms with Crippen LogP contribution < -0.4 is 10.6 Å². The van der Waals surface area contributed by atoms with Gasteiger partial charge in [-0.3, -0.25) is 9.78 Å². The first-order valence-corrected chi connectivity index (χ1v) is 7.19. The highest BCUT2D eigenvalue weighted by atomic mass is 16.2. The normalized spacial score (nSPS) is 24.1. The molecule has 4 nitrogen and oxygen atoms in total. The van der Waals surface area contributed by atoms with E-state index in [4.69, 9.17) is 0 Å². The molecule has 0 unspecified atom stereocenters. The van der Waals surface area contributed by atoms with Crippen molar-refractivity contribution in [2.24, 2.45) is 11.3 Å². The standard InChI is InChI=1S/C15H21N3O/c19-14(13-11-15(13)5-9-16-10-6-15)18-8-4-12-3-1-2-7-17-12/h1-3,7,13,16H,4-6,8-11H2,(H,18,19)/t13-/m0/s1. The van der Waals surface area contributed by atoms with Gasteiger partial charge in [0.2, 0.25) is 5.91 Å². The number of nitrogens with one attached hydrogen (secondary N) is 2. The van der Waals surface area contributed by atoms with Gasteiger partial charge >= 0.3 is 0 Å². The Morgan fingerprint density at radius 2 is 2.26 bits per heavy atom. The number of piperidine rings is 1. The van der Waals surface area contributed by atoms with E-state index in [-0.39, 0.29) is 11.8 Å². The van der Waals surface area contributed by atoms with Gasteiger partial charge in [0, 0.05) is 30.8 Å². The van der Waals surface area contributed by atoms with Crippen molar-refractivity contribution in [2.75, 3.05) is 19.6 Å². The van der Waals surface area contributed by atoms with Gasteiger partial charge in [-0.25, -0.2) is 0 Å². The van der Waals surface area contributed by atoms with Crippen LogP contribution in [0.2, 0.25) is 0 Å². The molecule has 0 aromatic carbocycles. The van der Waals surface area contributed by atoms with Crippen molar-refractivity contribution in [3.63, 3.8) is 0 Å². The lowest BCUT2D eigenvalue weighted by Crippen LogP contribution is -2.34. The van der Waals surface area contributed by atoms with E-state index in [0.29, 0.717) is 12.0 Å². The molecule has 0 bridgehead atoms. The van der Waals surface area contributed by atoms with Crippen LogP contribution in [-0.2, 0) is 11.2 Å². The van der Waals surface area contributed by atoms with Crippen LogP contribution in [0.5, 0.6) is 0 Å². The summed E-state index contributed by atoms with van der Waals surface area (Å²) in [6.07, 6.45) is 6.01. The summed E-state index contributed by atoms with van der Waals surface area (Å²) in [6.45, 7) is 2.83. The summed E-state index contributed by atoms with van der Waals surface area (Å²) in [6, 6.07) is 5.89. The summed E-state index contributed by atoms with van der Waals surface area (Å²) in [5.74, 6) is 0.510. The van der Waals surface area contributed by atoms with Crippen molar-refractivity contribution in [2.45, 2.75) is 25.7 Å². The molecule has 2 heterocycles. The summed E-state index contributed by atoms with van der Waals surface area (Å²) in [5, 5.41) is 6.43. The molecular weight excluding hydrogens is 238 g/mol. The van der Waals surface area contributed by atoms with E-state index >= 15 is 0 Å². The Balaban J connectivity index is 1.43. The van der Waals surface area contributed by atoms with Crippen LogP contribution in [0.3, 0.4) is 0 Å². The average Bonchev–Trinajstić information content (AvgIpc) is 3.14. The Morgan fingerprint density at radius 1 is 1.42 bits per heavy atom. The molecule has 0 radical (unpaired) electrons. The fourth-order valence-corrected chi connectivity index (χ4v) is 3.18. The summed E-state index contributed by atoms with van der Waals surface area (Å²) in [4.78, 5) is 16.4. The van der Waals surface area contributed by atoms with Crippen molar-refractivity contribution < 1.29 is 4.79 Å². The molecule has 4 heteroatoms. The zero-order chi connectivity index (χ0) is 13.1. The zero-order valence-corrected chi connectivity index (χ0v) is 11.2. The van der Waals surface area contributed by atoms with Crippen LogP contribution >= 0.6 is 0 Å². The highest BCUT2D eigenvalue weighted by molar-refractivity contribution is 5.82. The summed E-state index contributed by atoms with van der Waals surface area (Å²) in [5.41, 5.74) is 1.37. The van der Waals surface area contributed by atoms with Crippen molar-refractivity contribution in [3.05, 3.63) is 30.1 Å². The monoisotopic (exact) mass is 259 g/mol. The number of amides is 1. The van der Waals surface area contributed by atoms with E-state index < -0.39 is 0 Å². The van der Waals surface area contributed by atoms with Crippen LogP contribution in [0.15, 0.2) is 24.4 Å². The highest BCUT2D eigenvalue weighted by Crippen LogP contribution is 2.58. The number of carbonyl (C=O) groups is 1. The maximum Gasteiger partial charge on any atom is 0.223 e. The number of pyridine rings is 1. The third-order valence-corrected chi connectivity index (χ3v) is 4.51. The molecule has 3 rings (SSSR count). The smallest absolute Gasteiger partial charge is 0.223 e. The lowest BCUT2D eigenvalue weighted by molar-refractivity contribution is -0.123. The molecule has 2 aliphatic rings. The molecule has 1 saturated heterocycles. The fourth-order valence-electron chi connectivity index (χ4n) is 3.18. The second-order valence-corrected chi connectivity index (χ2v) is 5.73. The van der Waals surface area contributed by atoms with E-state index in [1.807, 2.05) is 18.2 Å². The molecule has 1 spiro atoms. The zero-order valence-electron chi connectivity index (χ0n) is 11.2. The molecule has 1 saturated carbocycles. The summed E-state index contributed by atoms with van der Waals surface area (Å²) >= 11 is 0. The lowest BCUT2D eigenvalue weighted by atomic mass is 9.92. The van der Waals surface area contributed by atoms with Gasteiger partial charge in [-0.05, 0) is 49.9 Å². The van der Waals surface area contributed by atoms with Gasteiger partial charge in [0.25, 0.3) is 0 Å². The van der Waals surface area contributed by atoms with Crippen LogP contribution in [0.1, 0.15) is 25.0 Å². The molecule has 1 aliphatic heterocycles.